The van der Waals surface area contributed by atoms with E-state index in [2.05, 4.69) is 21.3 Å². The molecular weight excluding hydrogens is 699 g/mol. The molecule has 1 heterocycles. The highest BCUT2D eigenvalue weighted by Gasteiger charge is 2.51. The van der Waals surface area contributed by atoms with E-state index in [1.54, 1.807) is 4.90 Å². The summed E-state index contributed by atoms with van der Waals surface area (Å²) in [7, 11) is 0. The number of unbranched alkanes of at least 4 members (excludes halogenated alkanes) is 1. The molecule has 0 spiro atoms. The van der Waals surface area contributed by atoms with Crippen LogP contribution in [0.5, 0.6) is 0 Å². The molecule has 1 aliphatic carbocycles. The summed E-state index contributed by atoms with van der Waals surface area (Å²) in [5, 5.41) is 22.8. The summed E-state index contributed by atoms with van der Waals surface area (Å²) >= 11 is 0. The van der Waals surface area contributed by atoms with Crippen molar-refractivity contribution in [3.05, 3.63) is 35.9 Å². The average molecular weight is 768 g/mol. The summed E-state index contributed by atoms with van der Waals surface area (Å²) < 4.78 is 0. The summed E-state index contributed by atoms with van der Waals surface area (Å²) in [4.78, 5) is 82.3. The molecule has 0 aromatic heterocycles. The number of aliphatic hydroxyl groups excluding tert-OH is 1. The molecule has 1 saturated carbocycles. The van der Waals surface area contributed by atoms with Gasteiger partial charge in [0.1, 0.15) is 23.9 Å². The van der Waals surface area contributed by atoms with Crippen LogP contribution < -0.4 is 21.3 Å². The average Bonchev–Trinajstić information content (AvgIpc) is 3.72. The first-order valence-electron chi connectivity index (χ1n) is 20.6. The maximum atomic E-state index is 14.4. The molecule has 5 amide bonds. The van der Waals surface area contributed by atoms with Crippen molar-refractivity contribution >= 4 is 35.3 Å². The van der Waals surface area contributed by atoms with Crippen LogP contribution in [0, 0.1) is 29.1 Å². The Bertz CT molecular complexity index is 1460. The zero-order chi connectivity index (χ0) is 41.0. The SMILES string of the molecule is CCCC(NC(=O)[C@@H]1[C@H]2CCCC2CN1C(=O)C(NC(=O)[C@@H](NC(=O)CCCCC(=O)CC(C)(C)C)C(C)C)C(C)C)C(O)C(=O)N[C@@H](C)c1ccccc1. The molecular formula is C43H69N5O7. The first-order chi connectivity index (χ1) is 25.8. The van der Waals surface area contributed by atoms with Crippen molar-refractivity contribution in [2.45, 2.75) is 163 Å². The van der Waals surface area contributed by atoms with Gasteiger partial charge in [-0.25, -0.2) is 0 Å². The molecule has 12 heteroatoms. The zero-order valence-corrected chi connectivity index (χ0v) is 34.8. The van der Waals surface area contributed by atoms with Crippen LogP contribution in [-0.2, 0) is 28.8 Å². The zero-order valence-electron chi connectivity index (χ0n) is 34.8. The predicted octanol–water partition coefficient (Wildman–Crippen LogP) is 4.98. The van der Waals surface area contributed by atoms with Gasteiger partial charge in [0.15, 0.2) is 6.10 Å². The Balaban J connectivity index is 1.69. The molecule has 8 atom stereocenters. The topological polar surface area (TPSA) is 174 Å². The second-order valence-electron chi connectivity index (χ2n) is 17.8. The molecule has 1 aromatic rings. The number of aliphatic hydroxyl groups is 1. The molecule has 5 N–H and O–H groups in total. The Hall–Kier alpha value is -3.80. The number of carbonyl (C=O) groups excluding carboxylic acids is 6. The van der Waals surface area contributed by atoms with Crippen LogP contribution in [0.3, 0.4) is 0 Å². The lowest BCUT2D eigenvalue weighted by Gasteiger charge is -2.34. The fourth-order valence-electron chi connectivity index (χ4n) is 8.07. The minimum Gasteiger partial charge on any atom is -0.381 e. The number of nitrogens with one attached hydrogen (secondary N) is 4. The van der Waals surface area contributed by atoms with Crippen LogP contribution in [0.1, 0.15) is 138 Å². The Morgan fingerprint density at radius 2 is 1.45 bits per heavy atom. The molecule has 0 radical (unpaired) electrons. The lowest BCUT2D eigenvalue weighted by molar-refractivity contribution is -0.144. The van der Waals surface area contributed by atoms with E-state index in [0.717, 1.165) is 24.8 Å². The largest absolute Gasteiger partial charge is 0.381 e. The molecule has 55 heavy (non-hydrogen) atoms. The minimum atomic E-state index is -1.50. The van der Waals surface area contributed by atoms with Crippen molar-refractivity contribution in [2.75, 3.05) is 6.54 Å². The van der Waals surface area contributed by atoms with Gasteiger partial charge in [0, 0.05) is 25.8 Å². The highest BCUT2D eigenvalue weighted by atomic mass is 16.3. The van der Waals surface area contributed by atoms with Gasteiger partial charge >= 0.3 is 0 Å². The van der Waals surface area contributed by atoms with E-state index in [1.807, 2.05) is 92.6 Å². The third-order valence-corrected chi connectivity index (χ3v) is 11.0. The first kappa shape index (κ1) is 45.6. The Kier molecular flexibility index (Phi) is 17.3. The Morgan fingerprint density at radius 3 is 2.05 bits per heavy atom. The van der Waals surface area contributed by atoms with E-state index < -0.39 is 48.0 Å². The van der Waals surface area contributed by atoms with Gasteiger partial charge in [-0.05, 0) is 73.7 Å². The van der Waals surface area contributed by atoms with Gasteiger partial charge in [0.2, 0.25) is 23.6 Å². The monoisotopic (exact) mass is 768 g/mol. The number of amides is 5. The number of likely N-dealkylation sites (tertiary alicyclic amines) is 1. The summed E-state index contributed by atoms with van der Waals surface area (Å²) in [6.07, 6.45) is 4.26. The highest BCUT2D eigenvalue weighted by molar-refractivity contribution is 5.95. The van der Waals surface area contributed by atoms with E-state index in [4.69, 9.17) is 0 Å². The maximum absolute atomic E-state index is 14.4. The van der Waals surface area contributed by atoms with Crippen LogP contribution >= 0.6 is 0 Å². The van der Waals surface area contributed by atoms with Crippen molar-refractivity contribution in [3.63, 3.8) is 0 Å². The fourth-order valence-corrected chi connectivity index (χ4v) is 8.07. The normalized spacial score (nSPS) is 20.9. The maximum Gasteiger partial charge on any atom is 0.251 e. The molecule has 2 aliphatic rings. The van der Waals surface area contributed by atoms with E-state index >= 15 is 0 Å². The molecule has 0 bridgehead atoms. The van der Waals surface area contributed by atoms with Crippen molar-refractivity contribution in [1.82, 2.24) is 26.2 Å². The highest BCUT2D eigenvalue weighted by Crippen LogP contribution is 2.43. The number of rotatable bonds is 20. The molecule has 2 fully saturated rings. The Morgan fingerprint density at radius 1 is 0.818 bits per heavy atom. The van der Waals surface area contributed by atoms with Crippen LogP contribution in [0.25, 0.3) is 0 Å². The van der Waals surface area contributed by atoms with Gasteiger partial charge in [0.25, 0.3) is 5.91 Å². The van der Waals surface area contributed by atoms with Crippen LogP contribution in [-0.4, -0.2) is 82.1 Å². The third kappa shape index (κ3) is 13.4. The van der Waals surface area contributed by atoms with Gasteiger partial charge in [-0.2, -0.15) is 0 Å². The smallest absolute Gasteiger partial charge is 0.251 e. The second-order valence-corrected chi connectivity index (χ2v) is 17.8. The number of fused-ring (bicyclic) bond motifs is 1. The molecule has 308 valence electrons. The Labute approximate surface area is 329 Å². The third-order valence-electron chi connectivity index (χ3n) is 11.0. The van der Waals surface area contributed by atoms with Gasteiger partial charge in [-0.15, -0.1) is 0 Å². The molecule has 1 aromatic carbocycles. The molecule has 3 rings (SSSR count). The van der Waals surface area contributed by atoms with E-state index in [0.29, 0.717) is 45.1 Å². The van der Waals surface area contributed by atoms with Gasteiger partial charge in [-0.3, -0.25) is 28.8 Å². The quantitative estimate of drug-likeness (QED) is 0.116. The lowest BCUT2D eigenvalue weighted by Crippen LogP contribution is -2.60. The van der Waals surface area contributed by atoms with Crippen molar-refractivity contribution in [1.29, 1.82) is 0 Å². The predicted molar refractivity (Wildman–Crippen MR) is 213 cm³/mol. The molecule has 1 saturated heterocycles. The van der Waals surface area contributed by atoms with Crippen LogP contribution in [0.4, 0.5) is 0 Å². The number of hydrogen-bond acceptors (Lipinski definition) is 7. The first-order valence-corrected chi connectivity index (χ1v) is 20.6. The van der Waals surface area contributed by atoms with Crippen LogP contribution in [0.15, 0.2) is 30.3 Å². The molecule has 12 nitrogen and oxygen atoms in total. The van der Waals surface area contributed by atoms with Crippen molar-refractivity contribution in [3.8, 4) is 0 Å². The fraction of sp³-hybridized carbons (Fsp3) is 0.721. The number of benzene rings is 1. The summed E-state index contributed by atoms with van der Waals surface area (Å²) in [5.74, 6) is -2.50. The number of hydrogen-bond donors (Lipinski definition) is 5. The minimum absolute atomic E-state index is 0.0782. The van der Waals surface area contributed by atoms with E-state index in [9.17, 15) is 33.9 Å². The van der Waals surface area contributed by atoms with Crippen molar-refractivity contribution < 1.29 is 33.9 Å². The summed E-state index contributed by atoms with van der Waals surface area (Å²) in [5.41, 5.74) is 0.808. The van der Waals surface area contributed by atoms with Crippen molar-refractivity contribution in [2.24, 2.45) is 29.1 Å². The number of ketones is 1. The molecule has 4 unspecified atom stereocenters. The van der Waals surface area contributed by atoms with Gasteiger partial charge in [-0.1, -0.05) is 98.6 Å². The van der Waals surface area contributed by atoms with Crippen LogP contribution in [0.2, 0.25) is 0 Å². The number of nitrogens with zero attached hydrogens (tertiary/aromatic N) is 1. The lowest BCUT2D eigenvalue weighted by atomic mass is 9.88. The second kappa shape index (κ2) is 20.9. The number of carbonyl (C=O) groups is 6. The standard InChI is InChI=1S/C43H69N5O7/c1-10-17-33(38(51)41(54)44-28(6)29-18-12-11-13-19-29)45-40(53)37-32-22-16-20-30(32)25-48(37)42(55)36(27(4)5)47-39(52)35(26(2)3)46-34(50)23-15-14-21-31(49)24-43(7,8)9/h11-13,18-19,26-28,30,32-33,35-38,51H,10,14-17,20-25H2,1-9H3,(H,44,54)(H,45,53)(H,46,50)(H,47,52)/t28-,30?,32-,33?,35-,36?,37-,38?/m0/s1. The summed E-state index contributed by atoms with van der Waals surface area (Å²) in [6.45, 7) is 17.5. The summed E-state index contributed by atoms with van der Waals surface area (Å²) in [6, 6.07) is 5.56. The van der Waals surface area contributed by atoms with E-state index in [1.165, 1.54) is 0 Å². The number of Topliss-reactive ketones (excluding diaryl/α,β-unsaturated/α-hetero) is 1. The van der Waals surface area contributed by atoms with Gasteiger partial charge in [0.05, 0.1) is 12.1 Å². The van der Waals surface area contributed by atoms with Gasteiger partial charge < -0.3 is 31.3 Å². The van der Waals surface area contributed by atoms with E-state index in [-0.39, 0.29) is 59.1 Å². The molecule has 1 aliphatic heterocycles.